The number of hydrogen-bond donors (Lipinski definition) is 3. The van der Waals surface area contributed by atoms with E-state index in [1.165, 1.54) is 12.1 Å². The Bertz CT molecular complexity index is 1140. The molecular formula is C22H25F3N8O. The van der Waals surface area contributed by atoms with Gasteiger partial charge >= 0.3 is 6.18 Å². The number of halogens is 3. The molecule has 0 spiro atoms. The van der Waals surface area contributed by atoms with Crippen molar-refractivity contribution in [3.8, 4) is 0 Å². The van der Waals surface area contributed by atoms with E-state index in [4.69, 9.17) is 5.11 Å². The van der Waals surface area contributed by atoms with Crippen LogP contribution in [0.5, 0.6) is 0 Å². The smallest absolute Gasteiger partial charge is 0.395 e. The number of piperazine rings is 1. The molecule has 3 heterocycles. The molecule has 1 aliphatic heterocycles. The van der Waals surface area contributed by atoms with Gasteiger partial charge in [0, 0.05) is 44.5 Å². The van der Waals surface area contributed by atoms with Crippen molar-refractivity contribution >= 4 is 29.9 Å². The maximum atomic E-state index is 13.0. The van der Waals surface area contributed by atoms with Crippen LogP contribution in [0.3, 0.4) is 0 Å². The summed E-state index contributed by atoms with van der Waals surface area (Å²) in [6, 6.07) is 6.85. The number of H-pyrrole nitrogens is 1. The Morgan fingerprint density at radius 3 is 2.56 bits per heavy atom. The summed E-state index contributed by atoms with van der Waals surface area (Å²) in [7, 11) is 0. The molecule has 0 bridgehead atoms. The number of benzene rings is 1. The predicted molar refractivity (Wildman–Crippen MR) is 123 cm³/mol. The van der Waals surface area contributed by atoms with Crippen LogP contribution < -0.4 is 10.2 Å². The van der Waals surface area contributed by atoms with Gasteiger partial charge in [0.2, 0.25) is 11.9 Å². The van der Waals surface area contributed by atoms with Crippen molar-refractivity contribution in [2.75, 3.05) is 49.5 Å². The van der Waals surface area contributed by atoms with Crippen LogP contribution in [-0.2, 0) is 6.18 Å². The number of anilines is 3. The molecule has 0 radical (unpaired) electrons. The number of aliphatic hydroxyl groups is 1. The van der Waals surface area contributed by atoms with E-state index in [9.17, 15) is 13.2 Å². The summed E-state index contributed by atoms with van der Waals surface area (Å²) in [5.41, 5.74) is 0.524. The molecule has 0 saturated carbocycles. The van der Waals surface area contributed by atoms with Gasteiger partial charge in [-0.25, -0.2) is 0 Å². The number of aromatic amines is 1. The minimum atomic E-state index is -4.42. The molecule has 1 fully saturated rings. The Morgan fingerprint density at radius 2 is 1.88 bits per heavy atom. The van der Waals surface area contributed by atoms with Gasteiger partial charge in [-0.1, -0.05) is 18.2 Å². The number of rotatable bonds is 7. The highest BCUT2D eigenvalue weighted by Gasteiger charge is 2.30. The molecule has 1 saturated heterocycles. The molecule has 12 heteroatoms. The summed E-state index contributed by atoms with van der Waals surface area (Å²) >= 11 is 0. The van der Waals surface area contributed by atoms with Gasteiger partial charge in [0.15, 0.2) is 11.6 Å². The van der Waals surface area contributed by atoms with Crippen LogP contribution in [0, 0.1) is 6.92 Å². The van der Waals surface area contributed by atoms with E-state index < -0.39 is 11.7 Å². The van der Waals surface area contributed by atoms with Crippen molar-refractivity contribution in [3.63, 3.8) is 0 Å². The van der Waals surface area contributed by atoms with Crippen LogP contribution in [-0.4, -0.2) is 74.5 Å². The summed E-state index contributed by atoms with van der Waals surface area (Å²) in [6.45, 7) is 5.43. The zero-order valence-electron chi connectivity index (χ0n) is 18.5. The molecule has 0 amide bonds. The molecule has 0 unspecified atom stereocenters. The summed E-state index contributed by atoms with van der Waals surface area (Å²) in [5, 5.41) is 19.2. The number of nitrogens with zero attached hydrogens (tertiary/aromatic N) is 6. The quantitative estimate of drug-likeness (QED) is 0.480. The second-order valence-corrected chi connectivity index (χ2v) is 7.89. The zero-order chi connectivity index (χ0) is 24.1. The molecular weight excluding hydrogens is 449 g/mol. The van der Waals surface area contributed by atoms with Crippen molar-refractivity contribution < 1.29 is 18.3 Å². The van der Waals surface area contributed by atoms with E-state index >= 15 is 0 Å². The first kappa shape index (κ1) is 23.6. The van der Waals surface area contributed by atoms with Gasteiger partial charge in [-0.15, -0.1) is 0 Å². The van der Waals surface area contributed by atoms with E-state index in [0.717, 1.165) is 30.9 Å². The monoisotopic (exact) mass is 474 g/mol. The van der Waals surface area contributed by atoms with Crippen molar-refractivity contribution in [2.45, 2.75) is 13.1 Å². The van der Waals surface area contributed by atoms with Crippen molar-refractivity contribution in [1.29, 1.82) is 0 Å². The summed E-state index contributed by atoms with van der Waals surface area (Å²) in [4.78, 5) is 17.6. The Morgan fingerprint density at radius 1 is 1.09 bits per heavy atom. The van der Waals surface area contributed by atoms with Crippen LogP contribution in [0.15, 0.2) is 30.3 Å². The third-order valence-electron chi connectivity index (χ3n) is 5.30. The molecule has 4 rings (SSSR count). The van der Waals surface area contributed by atoms with Crippen molar-refractivity contribution in [3.05, 3.63) is 53.0 Å². The lowest BCUT2D eigenvalue weighted by Crippen LogP contribution is -2.47. The Kier molecular flexibility index (Phi) is 7.08. The van der Waals surface area contributed by atoms with E-state index in [0.29, 0.717) is 42.8 Å². The molecule has 2 aromatic heterocycles. The first-order valence-electron chi connectivity index (χ1n) is 10.8. The average Bonchev–Trinajstić information content (AvgIpc) is 3.22. The highest BCUT2D eigenvalue weighted by atomic mass is 19.4. The largest absolute Gasteiger partial charge is 0.416 e. The fourth-order valence-electron chi connectivity index (χ4n) is 3.55. The Hall–Kier alpha value is -3.51. The van der Waals surface area contributed by atoms with E-state index in [1.54, 1.807) is 18.2 Å². The molecule has 0 atom stereocenters. The van der Waals surface area contributed by atoms with Gasteiger partial charge in [-0.2, -0.15) is 33.2 Å². The van der Waals surface area contributed by atoms with Gasteiger partial charge in [0.05, 0.1) is 12.2 Å². The number of aliphatic hydroxyl groups excluding tert-OH is 1. The first-order valence-corrected chi connectivity index (χ1v) is 10.8. The zero-order valence-corrected chi connectivity index (χ0v) is 18.5. The predicted octanol–water partition coefficient (Wildman–Crippen LogP) is 2.95. The summed E-state index contributed by atoms with van der Waals surface area (Å²) in [6.07, 6.45) is -1.32. The lowest BCUT2D eigenvalue weighted by atomic mass is 10.1. The normalized spacial score (nSPS) is 15.3. The van der Waals surface area contributed by atoms with E-state index in [1.807, 2.05) is 11.8 Å². The van der Waals surface area contributed by atoms with Crippen LogP contribution in [0.4, 0.5) is 30.9 Å². The second kappa shape index (κ2) is 10.2. The number of hydrogen-bond acceptors (Lipinski definition) is 8. The lowest BCUT2D eigenvalue weighted by molar-refractivity contribution is -0.137. The van der Waals surface area contributed by atoms with Gasteiger partial charge in [-0.05, 0) is 30.7 Å². The fourth-order valence-corrected chi connectivity index (χ4v) is 3.55. The minimum absolute atomic E-state index is 0.105. The Labute approximate surface area is 194 Å². The molecule has 3 N–H and O–H groups in total. The number of aryl methyl sites for hydroxylation is 1. The molecule has 1 aromatic carbocycles. The maximum Gasteiger partial charge on any atom is 0.416 e. The molecule has 1 aliphatic rings. The highest BCUT2D eigenvalue weighted by Crippen LogP contribution is 2.30. The summed E-state index contributed by atoms with van der Waals surface area (Å²) < 4.78 is 39.1. The standard InChI is InChI=1S/C22H25F3N8O/c1-15-13-19(31-30-15)27-20-26-18(6-5-16-3-2-4-17(14-16)22(23,24)25)28-21(29-20)33-9-7-32(8-10-33)11-12-34/h2-6,13-14,34H,7-12H2,1H3,(H2,26,27,28,29,30,31)/b6-5+. The van der Waals surface area contributed by atoms with Crippen molar-refractivity contribution in [2.24, 2.45) is 0 Å². The number of aromatic nitrogens is 5. The third kappa shape index (κ3) is 6.08. The fraction of sp³-hybridized carbons (Fsp3) is 0.364. The topological polar surface area (TPSA) is 106 Å². The molecule has 0 aliphatic carbocycles. The summed E-state index contributed by atoms with van der Waals surface area (Å²) in [5.74, 6) is 1.57. The number of alkyl halides is 3. The van der Waals surface area contributed by atoms with Gasteiger partial charge in [-0.3, -0.25) is 10.00 Å². The van der Waals surface area contributed by atoms with Gasteiger partial charge < -0.3 is 15.3 Å². The average molecular weight is 474 g/mol. The maximum absolute atomic E-state index is 13.0. The third-order valence-corrected chi connectivity index (χ3v) is 5.30. The van der Waals surface area contributed by atoms with E-state index in [-0.39, 0.29) is 12.6 Å². The van der Waals surface area contributed by atoms with Crippen molar-refractivity contribution in [1.82, 2.24) is 30.0 Å². The lowest BCUT2D eigenvalue weighted by Gasteiger charge is -2.34. The van der Waals surface area contributed by atoms with Gasteiger partial charge in [0.1, 0.15) is 0 Å². The van der Waals surface area contributed by atoms with Crippen LogP contribution in [0.2, 0.25) is 0 Å². The molecule has 180 valence electrons. The molecule has 9 nitrogen and oxygen atoms in total. The molecule has 3 aromatic rings. The van der Waals surface area contributed by atoms with Gasteiger partial charge in [0.25, 0.3) is 0 Å². The second-order valence-electron chi connectivity index (χ2n) is 7.89. The Balaban J connectivity index is 1.60. The van der Waals surface area contributed by atoms with E-state index in [2.05, 4.69) is 35.4 Å². The van der Waals surface area contributed by atoms with Crippen LogP contribution >= 0.6 is 0 Å². The number of β-amino-alcohol motifs (C(OH)–C–C–N with tert-alkyl or cyclic N) is 1. The molecule has 34 heavy (non-hydrogen) atoms. The highest BCUT2D eigenvalue weighted by molar-refractivity contribution is 5.68. The van der Waals surface area contributed by atoms with Crippen LogP contribution in [0.25, 0.3) is 12.2 Å². The number of nitrogens with one attached hydrogen (secondary N) is 2. The minimum Gasteiger partial charge on any atom is -0.395 e. The SMILES string of the molecule is Cc1cc(Nc2nc(/C=C/c3cccc(C(F)(F)F)c3)nc(N3CCN(CCO)CC3)n2)n[nH]1. The first-order chi connectivity index (χ1) is 16.3. The van der Waals surface area contributed by atoms with Crippen LogP contribution in [0.1, 0.15) is 22.6 Å².